The summed E-state index contributed by atoms with van der Waals surface area (Å²) in [6, 6.07) is -2.90. The van der Waals surface area contributed by atoms with Gasteiger partial charge in [0, 0.05) is 26.8 Å². The van der Waals surface area contributed by atoms with Gasteiger partial charge < -0.3 is 99.8 Å². The summed E-state index contributed by atoms with van der Waals surface area (Å²) in [6.45, 7) is 3.43. The largest absolute Gasteiger partial charge is 0.479 e. The number of aliphatic hydroxyl groups is 7. The molecule has 4 heterocycles. The number of carboxylic acids is 2. The third kappa shape index (κ3) is 10.4. The summed E-state index contributed by atoms with van der Waals surface area (Å²) < 4.78 is 44.8. The lowest BCUT2D eigenvalue weighted by atomic mass is 9.90. The van der Waals surface area contributed by atoms with Crippen LogP contribution in [0.1, 0.15) is 27.7 Å². The molecule has 4 rings (SSSR count). The number of rotatable bonds is 13. The van der Waals surface area contributed by atoms with Crippen molar-refractivity contribution >= 4 is 29.8 Å². The number of aliphatic carboxylic acids is 2. The van der Waals surface area contributed by atoms with E-state index in [2.05, 4.69) is 16.0 Å². The fourth-order valence-corrected chi connectivity index (χ4v) is 6.99. The van der Waals surface area contributed by atoms with Gasteiger partial charge in [-0.05, 0) is 6.92 Å². The Balaban J connectivity index is 1.67. The monoisotopic (exact) mass is 829 g/mol. The van der Waals surface area contributed by atoms with Gasteiger partial charge in [0.1, 0.15) is 73.7 Å². The van der Waals surface area contributed by atoms with Crippen LogP contribution in [0.25, 0.3) is 0 Å². The van der Waals surface area contributed by atoms with Gasteiger partial charge in [-0.1, -0.05) is 6.92 Å². The van der Waals surface area contributed by atoms with Crippen LogP contribution in [0.2, 0.25) is 0 Å². The number of hydrogen-bond acceptors (Lipinski definition) is 20. The van der Waals surface area contributed by atoms with Gasteiger partial charge in [-0.2, -0.15) is 0 Å². The first-order chi connectivity index (χ1) is 26.7. The fourth-order valence-electron chi connectivity index (χ4n) is 6.99. The number of carbonyl (C=O) groups excluding carboxylic acids is 3. The van der Waals surface area contributed by atoms with Gasteiger partial charge in [-0.15, -0.1) is 0 Å². The van der Waals surface area contributed by atoms with Crippen molar-refractivity contribution in [2.24, 2.45) is 5.92 Å². The molecule has 0 bridgehead atoms. The van der Waals surface area contributed by atoms with Crippen LogP contribution in [-0.2, 0) is 57.1 Å². The Labute approximate surface area is 324 Å². The molecule has 0 aromatic rings. The minimum atomic E-state index is -2.25. The van der Waals surface area contributed by atoms with Crippen molar-refractivity contribution in [1.82, 2.24) is 16.0 Å². The van der Waals surface area contributed by atoms with E-state index in [9.17, 15) is 69.9 Å². The van der Waals surface area contributed by atoms with Crippen molar-refractivity contribution in [1.29, 1.82) is 0 Å². The molecule has 0 radical (unpaired) electrons. The minimum absolute atomic E-state index is 0.592. The van der Waals surface area contributed by atoms with Crippen LogP contribution < -0.4 is 16.0 Å². The van der Waals surface area contributed by atoms with Crippen molar-refractivity contribution in [3.63, 3.8) is 0 Å². The third-order valence-electron chi connectivity index (χ3n) is 9.97. The lowest BCUT2D eigenvalue weighted by Gasteiger charge is -2.50. The molecule has 25 nitrogen and oxygen atoms in total. The van der Waals surface area contributed by atoms with Gasteiger partial charge in [0.15, 0.2) is 31.1 Å². The number of amides is 3. The highest BCUT2D eigenvalue weighted by Gasteiger charge is 2.57. The molecule has 25 heteroatoms. The van der Waals surface area contributed by atoms with Crippen LogP contribution in [0.3, 0.4) is 0 Å². The molecule has 3 amide bonds. The van der Waals surface area contributed by atoms with Crippen molar-refractivity contribution < 1.29 is 108 Å². The van der Waals surface area contributed by atoms with Gasteiger partial charge in [0.25, 0.3) is 0 Å². The smallest absolute Gasteiger partial charge is 0.406 e. The third-order valence-corrected chi connectivity index (χ3v) is 9.97. The maximum absolute atomic E-state index is 12.6. The zero-order chi connectivity index (χ0) is 42.6. The highest BCUT2D eigenvalue weighted by molar-refractivity contribution is 5.74. The topological polar surface area (TPSA) is 377 Å². The van der Waals surface area contributed by atoms with Crippen LogP contribution in [0.15, 0.2) is 0 Å². The van der Waals surface area contributed by atoms with Crippen LogP contribution in [0, 0.1) is 5.92 Å². The van der Waals surface area contributed by atoms with Gasteiger partial charge in [0.2, 0.25) is 11.8 Å². The number of carbonyl (C=O) groups is 5. The van der Waals surface area contributed by atoms with E-state index in [1.807, 2.05) is 0 Å². The summed E-state index contributed by atoms with van der Waals surface area (Å²) >= 11 is 0. The molecular formula is C32H51N3O22. The SMILES string of the molecule is CNC(=O)OCC1O[C@@H](O[C@@H]2C(C(=O)O)O[C@@H](O[C@@H]3C(NC(C)=O)C(C)OC(CO)[C@H]3O)C(O)[C@H]2O)C(NC(C)=O)[C@@H](O[C@@H]2OC(C(=O)O)C(C)[C@H](O)C2O)[C@@H]1O. The summed E-state index contributed by atoms with van der Waals surface area (Å²) in [5, 5.41) is 103. The van der Waals surface area contributed by atoms with Crippen molar-refractivity contribution in [3.8, 4) is 0 Å². The number of ether oxygens (including phenoxy) is 8. The van der Waals surface area contributed by atoms with Crippen molar-refractivity contribution in [3.05, 3.63) is 0 Å². The molecule has 20 atom stereocenters. The Morgan fingerprint density at radius 1 is 0.596 bits per heavy atom. The van der Waals surface area contributed by atoms with Gasteiger partial charge in [-0.25, -0.2) is 14.4 Å². The average Bonchev–Trinajstić information content (AvgIpc) is 3.14. The molecule has 0 aliphatic carbocycles. The highest BCUT2D eigenvalue weighted by atomic mass is 16.8. The second kappa shape index (κ2) is 19.6. The van der Waals surface area contributed by atoms with Gasteiger partial charge in [0.05, 0.1) is 24.9 Å². The number of aliphatic hydroxyl groups excluding tert-OH is 7. The van der Waals surface area contributed by atoms with Crippen molar-refractivity contribution in [2.45, 2.75) is 144 Å². The van der Waals surface area contributed by atoms with E-state index in [4.69, 9.17) is 37.9 Å². The van der Waals surface area contributed by atoms with E-state index in [1.54, 1.807) is 0 Å². The maximum atomic E-state index is 12.6. The first-order valence-electron chi connectivity index (χ1n) is 17.8. The van der Waals surface area contributed by atoms with Crippen LogP contribution in [0.5, 0.6) is 0 Å². The lowest BCUT2D eigenvalue weighted by molar-refractivity contribution is -0.365. The number of hydrogen-bond donors (Lipinski definition) is 12. The summed E-state index contributed by atoms with van der Waals surface area (Å²) in [4.78, 5) is 61.0. The van der Waals surface area contributed by atoms with E-state index in [-0.39, 0.29) is 0 Å². The normalized spacial score (nSPS) is 43.6. The van der Waals surface area contributed by atoms with E-state index in [0.29, 0.717) is 0 Å². The Hall–Kier alpha value is -3.41. The molecule has 0 aromatic carbocycles. The zero-order valence-corrected chi connectivity index (χ0v) is 31.3. The molecule has 0 spiro atoms. The zero-order valence-electron chi connectivity index (χ0n) is 31.3. The van der Waals surface area contributed by atoms with Crippen LogP contribution in [0.4, 0.5) is 4.79 Å². The summed E-state index contributed by atoms with van der Waals surface area (Å²) in [6.07, 6.45) is -32.1. The molecule has 10 unspecified atom stereocenters. The molecule has 0 aromatic heterocycles. The van der Waals surface area contributed by atoms with E-state index >= 15 is 0 Å². The predicted octanol–water partition coefficient (Wildman–Crippen LogP) is -6.57. The summed E-state index contributed by atoms with van der Waals surface area (Å²) in [5.74, 6) is -5.95. The Morgan fingerprint density at radius 3 is 1.61 bits per heavy atom. The second-order valence-corrected chi connectivity index (χ2v) is 14.0. The molecule has 4 fully saturated rings. The van der Waals surface area contributed by atoms with Crippen LogP contribution in [-0.4, -0.2) is 212 Å². The molecule has 12 N–H and O–H groups in total. The predicted molar refractivity (Wildman–Crippen MR) is 178 cm³/mol. The quantitative estimate of drug-likeness (QED) is 0.0821. The Morgan fingerprint density at radius 2 is 1.09 bits per heavy atom. The Kier molecular flexibility index (Phi) is 15.9. The molecular weight excluding hydrogens is 778 g/mol. The number of nitrogens with one attached hydrogen (secondary N) is 3. The van der Waals surface area contributed by atoms with Gasteiger partial charge >= 0.3 is 18.0 Å². The second-order valence-electron chi connectivity index (χ2n) is 14.0. The molecule has 4 saturated heterocycles. The number of carboxylic acid groups (broad SMARTS) is 2. The first-order valence-corrected chi connectivity index (χ1v) is 17.8. The Bertz CT molecular complexity index is 1430. The molecule has 57 heavy (non-hydrogen) atoms. The highest BCUT2D eigenvalue weighted by Crippen LogP contribution is 2.35. The number of alkyl carbamates (subject to hydrolysis) is 1. The van der Waals surface area contributed by atoms with E-state index in [0.717, 1.165) is 13.8 Å². The summed E-state index contributed by atoms with van der Waals surface area (Å²) in [5.41, 5.74) is 0. The van der Waals surface area contributed by atoms with Crippen molar-refractivity contribution in [2.75, 3.05) is 20.3 Å². The fraction of sp³-hybridized carbons (Fsp3) is 0.844. The first kappa shape index (κ1) is 46.3. The minimum Gasteiger partial charge on any atom is -0.479 e. The van der Waals surface area contributed by atoms with Gasteiger partial charge in [-0.3, -0.25) is 9.59 Å². The maximum Gasteiger partial charge on any atom is 0.406 e. The van der Waals surface area contributed by atoms with Crippen LogP contribution >= 0.6 is 0 Å². The molecule has 4 aliphatic rings. The standard InChI is InChI=1S/C32H51N3O22/c1-8-16(39)20(43)30(53-22(8)27(45)46)55-24-15(35-11(4)38)29(52-13(18(24)41)7-50-32(49)33-5)56-25-19(42)21(44)31(57-26(25)28(47)48)54-23-14(34-10(3)37)9(2)51-12(6-36)17(23)40/h8-9,12-26,29-31,36,39-44H,6-7H2,1-5H3,(H,33,49)(H,34,37)(H,35,38)(H,45,46)(H,47,48)/t8?,9?,12?,13?,14?,15?,16-,17+,18+,19+,20?,21?,22?,23+,24+,25-,26?,29-,30-,31+/m0/s1. The van der Waals surface area contributed by atoms with E-state index in [1.165, 1.54) is 20.9 Å². The molecule has 4 aliphatic heterocycles. The molecule has 0 saturated carbocycles. The average molecular weight is 830 g/mol. The lowest BCUT2D eigenvalue weighted by Crippen LogP contribution is -2.70. The summed E-state index contributed by atoms with van der Waals surface area (Å²) in [7, 11) is 1.21. The van der Waals surface area contributed by atoms with E-state index < -0.39 is 165 Å². The molecule has 326 valence electrons.